The molecule has 26 heavy (non-hydrogen) atoms. The summed E-state index contributed by atoms with van der Waals surface area (Å²) >= 11 is 0. The molecule has 0 unspecified atom stereocenters. The molecule has 2 amide bonds. The topological polar surface area (TPSA) is 52.7 Å². The Morgan fingerprint density at radius 3 is 2.88 bits per heavy atom. The van der Waals surface area contributed by atoms with Gasteiger partial charge in [0.2, 0.25) is 11.8 Å². The molecule has 1 atom stereocenters. The summed E-state index contributed by atoms with van der Waals surface area (Å²) in [5, 5.41) is 2.85. The molecule has 5 nitrogen and oxygen atoms in total. The second-order valence-corrected chi connectivity index (χ2v) is 7.83. The SMILES string of the molecule is CCNC(=O)CCN1CC[C@]2(CCCN(Cc3cccc(C)c3)C2=O)C1. The summed E-state index contributed by atoms with van der Waals surface area (Å²) in [6, 6.07) is 8.43. The molecule has 1 N–H and O–H groups in total. The van der Waals surface area contributed by atoms with Crippen molar-refractivity contribution in [2.75, 3.05) is 32.7 Å². The Bertz CT molecular complexity index is 660. The quantitative estimate of drug-likeness (QED) is 0.850. The normalized spacial score (nSPS) is 23.6. The molecule has 0 bridgehead atoms. The van der Waals surface area contributed by atoms with Gasteiger partial charge in [-0.15, -0.1) is 0 Å². The highest BCUT2D eigenvalue weighted by molar-refractivity contribution is 5.84. The lowest BCUT2D eigenvalue weighted by Crippen LogP contribution is -2.49. The number of hydrogen-bond acceptors (Lipinski definition) is 3. The lowest BCUT2D eigenvalue weighted by molar-refractivity contribution is -0.146. The van der Waals surface area contributed by atoms with Gasteiger partial charge in [0.05, 0.1) is 5.41 Å². The molecule has 1 spiro atoms. The highest BCUT2D eigenvalue weighted by Gasteiger charge is 2.48. The van der Waals surface area contributed by atoms with Crippen LogP contribution in [0.1, 0.15) is 43.7 Å². The molecular weight excluding hydrogens is 326 g/mol. The predicted molar refractivity (Wildman–Crippen MR) is 103 cm³/mol. The first-order chi connectivity index (χ1) is 12.5. The zero-order valence-electron chi connectivity index (χ0n) is 16.1. The van der Waals surface area contributed by atoms with Gasteiger partial charge in [-0.1, -0.05) is 29.8 Å². The molecule has 0 radical (unpaired) electrons. The number of carbonyl (C=O) groups excluding carboxylic acids is 2. The van der Waals surface area contributed by atoms with Gasteiger partial charge in [-0.3, -0.25) is 9.59 Å². The molecule has 2 fully saturated rings. The van der Waals surface area contributed by atoms with Crippen LogP contribution in [0, 0.1) is 12.3 Å². The molecule has 142 valence electrons. The second kappa shape index (κ2) is 8.21. The third kappa shape index (κ3) is 4.26. The molecular formula is C21H31N3O2. The molecule has 2 aliphatic rings. The van der Waals surface area contributed by atoms with E-state index in [4.69, 9.17) is 0 Å². The number of piperidine rings is 1. The zero-order valence-corrected chi connectivity index (χ0v) is 16.1. The van der Waals surface area contributed by atoms with Gasteiger partial charge in [-0.25, -0.2) is 0 Å². The van der Waals surface area contributed by atoms with Crippen LogP contribution in [-0.4, -0.2) is 54.3 Å². The number of benzene rings is 1. The summed E-state index contributed by atoms with van der Waals surface area (Å²) in [7, 11) is 0. The smallest absolute Gasteiger partial charge is 0.230 e. The average molecular weight is 357 g/mol. The van der Waals surface area contributed by atoms with Gasteiger partial charge in [-0.2, -0.15) is 0 Å². The number of aryl methyl sites for hydroxylation is 1. The van der Waals surface area contributed by atoms with E-state index in [1.807, 2.05) is 11.8 Å². The molecule has 0 saturated carbocycles. The Kier molecular flexibility index (Phi) is 5.97. The van der Waals surface area contributed by atoms with E-state index < -0.39 is 0 Å². The largest absolute Gasteiger partial charge is 0.356 e. The van der Waals surface area contributed by atoms with Gasteiger partial charge in [-0.05, 0) is 45.2 Å². The van der Waals surface area contributed by atoms with Crippen LogP contribution in [0.3, 0.4) is 0 Å². The summed E-state index contributed by atoms with van der Waals surface area (Å²) in [6.07, 6.45) is 3.49. The van der Waals surface area contributed by atoms with E-state index in [-0.39, 0.29) is 11.3 Å². The van der Waals surface area contributed by atoms with Gasteiger partial charge in [0.25, 0.3) is 0 Å². The Hall–Kier alpha value is -1.88. The molecule has 2 heterocycles. The average Bonchev–Trinajstić information content (AvgIpc) is 3.02. The fraction of sp³-hybridized carbons (Fsp3) is 0.619. The van der Waals surface area contributed by atoms with E-state index in [1.54, 1.807) is 0 Å². The molecule has 0 aliphatic carbocycles. The first-order valence-corrected chi connectivity index (χ1v) is 9.86. The third-order valence-electron chi connectivity index (χ3n) is 5.74. The van der Waals surface area contributed by atoms with Crippen molar-refractivity contribution >= 4 is 11.8 Å². The predicted octanol–water partition coefficient (Wildman–Crippen LogP) is 2.34. The lowest BCUT2D eigenvalue weighted by atomic mass is 9.78. The standard InChI is InChI=1S/C21H31N3O2/c1-3-22-19(25)8-12-23-13-10-21(16-23)9-5-11-24(20(21)26)15-18-7-4-6-17(2)14-18/h4,6-7,14H,3,5,8-13,15-16H2,1-2H3,(H,22,25)/t21-/m1/s1. The van der Waals surface area contributed by atoms with Crippen molar-refractivity contribution in [3.8, 4) is 0 Å². The van der Waals surface area contributed by atoms with Crippen molar-refractivity contribution in [3.05, 3.63) is 35.4 Å². The summed E-state index contributed by atoms with van der Waals surface area (Å²) in [4.78, 5) is 29.3. The molecule has 1 aromatic rings. The van der Waals surface area contributed by atoms with Gasteiger partial charge in [0.1, 0.15) is 0 Å². The van der Waals surface area contributed by atoms with Crippen molar-refractivity contribution in [1.29, 1.82) is 0 Å². The minimum absolute atomic E-state index is 0.101. The van der Waals surface area contributed by atoms with Crippen molar-refractivity contribution in [1.82, 2.24) is 15.1 Å². The van der Waals surface area contributed by atoms with Crippen LogP contribution < -0.4 is 5.32 Å². The van der Waals surface area contributed by atoms with Crippen LogP contribution in [-0.2, 0) is 16.1 Å². The van der Waals surface area contributed by atoms with Crippen molar-refractivity contribution in [3.63, 3.8) is 0 Å². The fourth-order valence-electron chi connectivity index (χ4n) is 4.41. The van der Waals surface area contributed by atoms with Crippen molar-refractivity contribution < 1.29 is 9.59 Å². The van der Waals surface area contributed by atoms with E-state index >= 15 is 0 Å². The Morgan fingerprint density at radius 2 is 2.12 bits per heavy atom. The minimum atomic E-state index is -0.233. The van der Waals surface area contributed by atoms with E-state index in [2.05, 4.69) is 41.4 Å². The van der Waals surface area contributed by atoms with E-state index in [0.29, 0.717) is 25.4 Å². The third-order valence-corrected chi connectivity index (χ3v) is 5.74. The van der Waals surface area contributed by atoms with Gasteiger partial charge >= 0.3 is 0 Å². The van der Waals surface area contributed by atoms with Crippen LogP contribution in [0.15, 0.2) is 24.3 Å². The maximum absolute atomic E-state index is 13.2. The minimum Gasteiger partial charge on any atom is -0.356 e. The molecule has 5 heteroatoms. The number of nitrogens with one attached hydrogen (secondary N) is 1. The number of amides is 2. The maximum atomic E-state index is 13.2. The van der Waals surface area contributed by atoms with E-state index in [9.17, 15) is 9.59 Å². The van der Waals surface area contributed by atoms with Crippen LogP contribution in [0.5, 0.6) is 0 Å². The molecule has 2 saturated heterocycles. The maximum Gasteiger partial charge on any atom is 0.230 e. The number of hydrogen-bond donors (Lipinski definition) is 1. The number of carbonyl (C=O) groups is 2. The van der Waals surface area contributed by atoms with E-state index in [1.165, 1.54) is 11.1 Å². The summed E-state index contributed by atoms with van der Waals surface area (Å²) < 4.78 is 0. The van der Waals surface area contributed by atoms with Crippen LogP contribution in [0.25, 0.3) is 0 Å². The van der Waals surface area contributed by atoms with Crippen molar-refractivity contribution in [2.24, 2.45) is 5.41 Å². The van der Waals surface area contributed by atoms with E-state index in [0.717, 1.165) is 45.4 Å². The lowest BCUT2D eigenvalue weighted by Gasteiger charge is -2.39. The molecule has 3 rings (SSSR count). The van der Waals surface area contributed by atoms with Gasteiger partial charge in [0, 0.05) is 39.1 Å². The number of rotatable bonds is 6. The monoisotopic (exact) mass is 357 g/mol. The zero-order chi connectivity index (χ0) is 18.6. The highest BCUT2D eigenvalue weighted by Crippen LogP contribution is 2.40. The number of nitrogens with zero attached hydrogens (tertiary/aromatic N) is 2. The fourth-order valence-corrected chi connectivity index (χ4v) is 4.41. The molecule has 0 aromatic heterocycles. The first-order valence-electron chi connectivity index (χ1n) is 9.86. The molecule has 2 aliphatic heterocycles. The van der Waals surface area contributed by atoms with Crippen molar-refractivity contribution in [2.45, 2.75) is 46.1 Å². The molecule has 1 aromatic carbocycles. The van der Waals surface area contributed by atoms with Gasteiger partial charge < -0.3 is 15.1 Å². The highest BCUT2D eigenvalue weighted by atomic mass is 16.2. The van der Waals surface area contributed by atoms with Crippen LogP contribution in [0.4, 0.5) is 0 Å². The second-order valence-electron chi connectivity index (χ2n) is 7.83. The summed E-state index contributed by atoms with van der Waals surface area (Å²) in [5.74, 6) is 0.412. The van der Waals surface area contributed by atoms with Crippen LogP contribution >= 0.6 is 0 Å². The first kappa shape index (κ1) is 18.9. The Labute approximate surface area is 156 Å². The summed E-state index contributed by atoms with van der Waals surface area (Å²) in [5.41, 5.74) is 2.21. The number of likely N-dealkylation sites (tertiary alicyclic amines) is 2. The Morgan fingerprint density at radius 1 is 1.27 bits per heavy atom. The van der Waals surface area contributed by atoms with Crippen LogP contribution in [0.2, 0.25) is 0 Å². The van der Waals surface area contributed by atoms with Gasteiger partial charge in [0.15, 0.2) is 0 Å². The summed E-state index contributed by atoms with van der Waals surface area (Å²) in [6.45, 7) is 8.74. The Balaban J connectivity index is 1.59.